The van der Waals surface area contributed by atoms with Gasteiger partial charge in [0.25, 0.3) is 0 Å². The van der Waals surface area contributed by atoms with E-state index < -0.39 is 0 Å². The lowest BCUT2D eigenvalue weighted by atomic mass is 10.5. The van der Waals surface area contributed by atoms with Crippen LogP contribution >= 0.6 is 11.8 Å². The molecular formula is C7H11O3S2-. The Morgan fingerprint density at radius 1 is 1.17 bits per heavy atom. The minimum atomic E-state index is -0.250. The fourth-order valence-electron chi connectivity index (χ4n) is 0.203. The number of carbonyl (C=O) groups is 3. The number of rotatable bonds is 2. The molecule has 0 aliphatic rings. The molecule has 0 rings (SSSR count). The average molecular weight is 207 g/mol. The molecule has 70 valence electrons. The molecule has 0 atom stereocenters. The monoisotopic (exact) mass is 207 g/mol. The highest BCUT2D eigenvalue weighted by Gasteiger charge is 1.95. The van der Waals surface area contributed by atoms with E-state index in [2.05, 4.69) is 12.6 Å². The Hall–Kier alpha value is -0.420. The first kappa shape index (κ1) is 14.1. The Kier molecular flexibility index (Phi) is 10.2. The number of thioether (sulfide) groups is 1. The van der Waals surface area contributed by atoms with E-state index in [0.717, 1.165) is 11.8 Å². The van der Waals surface area contributed by atoms with E-state index in [0.29, 0.717) is 5.75 Å². The van der Waals surface area contributed by atoms with Crippen molar-refractivity contribution in [3.8, 4) is 0 Å². The molecule has 0 N–H and O–H groups in total. The molecule has 0 unspecified atom stereocenters. The molecule has 12 heavy (non-hydrogen) atoms. The Labute approximate surface area is 81.7 Å². The number of carbonyl (C=O) groups excluding carboxylic acids is 3. The normalized spacial score (nSPS) is 7.92. The summed E-state index contributed by atoms with van der Waals surface area (Å²) >= 11 is 5.03. The van der Waals surface area contributed by atoms with Gasteiger partial charge in [0.05, 0.1) is 5.75 Å². The minimum Gasteiger partial charge on any atom is -0.742 e. The molecule has 0 spiro atoms. The van der Waals surface area contributed by atoms with Crippen LogP contribution in [0.15, 0.2) is 0 Å². The largest absolute Gasteiger partial charge is 0.742 e. The van der Waals surface area contributed by atoms with Gasteiger partial charge in [0.2, 0.25) is 0 Å². The topological polar surface area (TPSA) is 51.2 Å². The number of hydrogen-bond donors (Lipinski definition) is 0. The molecule has 0 heterocycles. The maximum atomic E-state index is 10.2. The van der Waals surface area contributed by atoms with Crippen LogP contribution in [0.1, 0.15) is 20.8 Å². The summed E-state index contributed by atoms with van der Waals surface area (Å²) in [5.41, 5.74) is 0. The molecule has 5 heteroatoms. The van der Waals surface area contributed by atoms with Gasteiger partial charge >= 0.3 is 0 Å². The summed E-state index contributed by atoms with van der Waals surface area (Å²) in [6.07, 6.45) is 0. The van der Waals surface area contributed by atoms with Crippen LogP contribution in [0.2, 0.25) is 0 Å². The Morgan fingerprint density at radius 2 is 1.50 bits per heavy atom. The second kappa shape index (κ2) is 8.67. The van der Waals surface area contributed by atoms with Gasteiger partial charge in [-0.3, -0.25) is 9.59 Å². The van der Waals surface area contributed by atoms with Gasteiger partial charge in [0, 0.05) is 12.0 Å². The zero-order valence-electron chi connectivity index (χ0n) is 7.25. The minimum absolute atomic E-state index is 0.000185. The van der Waals surface area contributed by atoms with Crippen molar-refractivity contribution < 1.29 is 14.4 Å². The van der Waals surface area contributed by atoms with Gasteiger partial charge in [-0.2, -0.15) is 0 Å². The number of ketones is 1. The maximum Gasteiger partial charge on any atom is 0.186 e. The second-order valence-corrected chi connectivity index (χ2v) is 3.70. The molecule has 0 saturated heterocycles. The van der Waals surface area contributed by atoms with E-state index in [1.165, 1.54) is 20.8 Å². The Bertz CT molecular complexity index is 159. The van der Waals surface area contributed by atoms with Gasteiger partial charge in [-0.1, -0.05) is 11.8 Å². The van der Waals surface area contributed by atoms with Crippen molar-refractivity contribution in [1.29, 1.82) is 0 Å². The van der Waals surface area contributed by atoms with Gasteiger partial charge < -0.3 is 17.4 Å². The van der Waals surface area contributed by atoms with E-state index in [1.807, 2.05) is 0 Å². The SMILES string of the molecule is CC(=O)CSC(C)=O.CC(=O)[S-]. The predicted molar refractivity (Wildman–Crippen MR) is 51.9 cm³/mol. The molecule has 0 amide bonds. The summed E-state index contributed by atoms with van der Waals surface area (Å²) in [7, 11) is 0. The van der Waals surface area contributed by atoms with Crippen molar-refractivity contribution in [1.82, 2.24) is 0 Å². The van der Waals surface area contributed by atoms with E-state index in [4.69, 9.17) is 0 Å². The maximum absolute atomic E-state index is 10.2. The highest BCUT2D eigenvalue weighted by molar-refractivity contribution is 8.14. The number of Topliss-reactive ketones (excluding diaryl/α,β-unsaturated/α-hetero) is 1. The zero-order chi connectivity index (χ0) is 10.1. The van der Waals surface area contributed by atoms with Crippen LogP contribution in [-0.4, -0.2) is 21.8 Å². The fourth-order valence-corrected chi connectivity index (χ4v) is 0.610. The molecule has 0 bridgehead atoms. The van der Waals surface area contributed by atoms with Crippen molar-refractivity contribution in [2.75, 3.05) is 5.75 Å². The lowest BCUT2D eigenvalue weighted by molar-refractivity contribution is -0.115. The molecular weight excluding hydrogens is 196 g/mol. The summed E-state index contributed by atoms with van der Waals surface area (Å²) in [6, 6.07) is 0. The lowest BCUT2D eigenvalue weighted by Crippen LogP contribution is -1.95. The van der Waals surface area contributed by atoms with Gasteiger partial charge in [0.15, 0.2) is 5.12 Å². The fraction of sp³-hybridized carbons (Fsp3) is 0.571. The van der Waals surface area contributed by atoms with E-state index in [-0.39, 0.29) is 16.0 Å². The quantitative estimate of drug-likeness (QED) is 0.631. The summed E-state index contributed by atoms with van der Waals surface area (Å²) in [4.78, 5) is 29.6. The second-order valence-electron chi connectivity index (χ2n) is 1.97. The van der Waals surface area contributed by atoms with Gasteiger partial charge in [0.1, 0.15) is 5.78 Å². The molecule has 0 fully saturated rings. The zero-order valence-corrected chi connectivity index (χ0v) is 8.88. The van der Waals surface area contributed by atoms with Crippen LogP contribution < -0.4 is 0 Å². The predicted octanol–water partition coefficient (Wildman–Crippen LogP) is 0.935. The van der Waals surface area contributed by atoms with E-state index in [9.17, 15) is 14.4 Å². The van der Waals surface area contributed by atoms with Crippen LogP contribution in [0.3, 0.4) is 0 Å². The summed E-state index contributed by atoms with van der Waals surface area (Å²) in [6.45, 7) is 4.26. The summed E-state index contributed by atoms with van der Waals surface area (Å²) < 4.78 is 0. The van der Waals surface area contributed by atoms with Gasteiger partial charge in [-0.15, -0.1) is 0 Å². The van der Waals surface area contributed by atoms with Crippen molar-refractivity contribution >= 4 is 40.4 Å². The smallest absolute Gasteiger partial charge is 0.186 e. The average Bonchev–Trinajstić information content (AvgIpc) is 1.82. The van der Waals surface area contributed by atoms with Crippen LogP contribution in [-0.2, 0) is 27.0 Å². The molecule has 0 radical (unpaired) electrons. The standard InChI is InChI=1S/C5H8O2S.C2H4OS/c1-4(6)3-8-5(2)7;1-2(3)4/h3H2,1-2H3;1H3,(H,3,4)/p-1. The Balaban J connectivity index is 0. The van der Waals surface area contributed by atoms with Crippen LogP contribution in [0.5, 0.6) is 0 Å². The summed E-state index contributed by atoms with van der Waals surface area (Å²) in [5, 5.41) is -0.250. The summed E-state index contributed by atoms with van der Waals surface area (Å²) in [5.74, 6) is 0.361. The molecule has 3 nitrogen and oxygen atoms in total. The molecule has 0 aliphatic heterocycles. The highest BCUT2D eigenvalue weighted by Crippen LogP contribution is 1.99. The third kappa shape index (κ3) is 33.6. The Morgan fingerprint density at radius 3 is 1.58 bits per heavy atom. The van der Waals surface area contributed by atoms with Crippen molar-refractivity contribution in [3.05, 3.63) is 0 Å². The molecule has 0 aliphatic carbocycles. The van der Waals surface area contributed by atoms with Crippen molar-refractivity contribution in [2.24, 2.45) is 0 Å². The van der Waals surface area contributed by atoms with Crippen LogP contribution in [0.4, 0.5) is 0 Å². The van der Waals surface area contributed by atoms with E-state index >= 15 is 0 Å². The van der Waals surface area contributed by atoms with Crippen molar-refractivity contribution in [2.45, 2.75) is 20.8 Å². The van der Waals surface area contributed by atoms with Crippen LogP contribution in [0.25, 0.3) is 0 Å². The lowest BCUT2D eigenvalue weighted by Gasteiger charge is -1.86. The third-order valence-electron chi connectivity index (χ3n) is 0.479. The first-order valence-corrected chi connectivity index (χ1v) is 4.56. The first-order valence-electron chi connectivity index (χ1n) is 3.16. The molecule has 0 aromatic carbocycles. The highest BCUT2D eigenvalue weighted by atomic mass is 32.2. The molecule has 0 aromatic heterocycles. The molecule has 0 saturated carbocycles. The van der Waals surface area contributed by atoms with Crippen molar-refractivity contribution in [3.63, 3.8) is 0 Å². The third-order valence-corrected chi connectivity index (χ3v) is 1.44. The van der Waals surface area contributed by atoms with E-state index in [1.54, 1.807) is 0 Å². The molecule has 0 aromatic rings. The van der Waals surface area contributed by atoms with Gasteiger partial charge in [-0.05, 0) is 13.8 Å². The first-order chi connectivity index (χ1) is 5.36. The van der Waals surface area contributed by atoms with Gasteiger partial charge in [-0.25, -0.2) is 0 Å². The number of hydrogen-bond acceptors (Lipinski definition) is 5. The van der Waals surface area contributed by atoms with Crippen LogP contribution in [0, 0.1) is 0 Å².